The van der Waals surface area contributed by atoms with Crippen molar-refractivity contribution in [1.82, 2.24) is 14.5 Å². The average molecular weight is 628 g/mol. The molecule has 3 heterocycles. The average Bonchev–Trinajstić information content (AvgIpc) is 3.71. The Morgan fingerprint density at radius 2 is 1.02 bits per heavy atom. The molecule has 8 aromatic carbocycles. The predicted molar refractivity (Wildman–Crippen MR) is 205 cm³/mol. The molecule has 0 unspecified atom stereocenters. The van der Waals surface area contributed by atoms with Crippen LogP contribution in [0.15, 0.2) is 152 Å². The van der Waals surface area contributed by atoms with Crippen molar-refractivity contribution in [2.45, 2.75) is 0 Å². The number of thiophene rings is 1. The summed E-state index contributed by atoms with van der Waals surface area (Å²) in [6.07, 6.45) is 0. The summed E-state index contributed by atoms with van der Waals surface area (Å²) in [5.74, 6) is 0.689. The van der Waals surface area contributed by atoms with Gasteiger partial charge in [-0.1, -0.05) is 140 Å². The summed E-state index contributed by atoms with van der Waals surface area (Å²) in [5.41, 5.74) is 4.28. The topological polar surface area (TPSA) is 30.7 Å². The van der Waals surface area contributed by atoms with Gasteiger partial charge in [0.05, 0.1) is 16.7 Å². The maximum Gasteiger partial charge on any atom is 0.236 e. The first kappa shape index (κ1) is 26.0. The van der Waals surface area contributed by atoms with E-state index >= 15 is 0 Å². The summed E-state index contributed by atoms with van der Waals surface area (Å²) in [7, 11) is 0. The summed E-state index contributed by atoms with van der Waals surface area (Å²) < 4.78 is 3.54. The Kier molecular flexibility index (Phi) is 5.26. The number of benzene rings is 8. The van der Waals surface area contributed by atoms with Crippen LogP contribution in [0.4, 0.5) is 0 Å². The zero-order valence-electron chi connectivity index (χ0n) is 25.7. The molecule has 3 aromatic heterocycles. The maximum atomic E-state index is 5.49. The highest BCUT2D eigenvalue weighted by molar-refractivity contribution is 7.25. The molecular weight excluding hydrogens is 603 g/mol. The lowest BCUT2D eigenvalue weighted by Crippen LogP contribution is -2.03. The van der Waals surface area contributed by atoms with Crippen LogP contribution in [0, 0.1) is 0 Å². The molecule has 0 aliphatic heterocycles. The Morgan fingerprint density at radius 3 is 1.81 bits per heavy atom. The SMILES string of the molecule is c1ccc(-c2nc(-n3c4ccc5c6ccccc6c6ccccc6c5c4c4ccc5ccccc5c43)nc3sc4ccccc4c23)cc1. The molecule has 0 aliphatic carbocycles. The third kappa shape index (κ3) is 3.47. The van der Waals surface area contributed by atoms with Crippen LogP contribution < -0.4 is 0 Å². The molecular formula is C44H25N3S. The molecule has 0 aliphatic rings. The summed E-state index contributed by atoms with van der Waals surface area (Å²) in [4.78, 5) is 11.9. The molecule has 0 spiro atoms. The Hall–Kier alpha value is -6.10. The van der Waals surface area contributed by atoms with Gasteiger partial charge in [-0.15, -0.1) is 11.3 Å². The Labute approximate surface area is 278 Å². The first-order chi connectivity index (χ1) is 23.8. The molecule has 222 valence electrons. The third-order valence-corrected chi connectivity index (χ3v) is 11.1. The molecule has 0 bridgehead atoms. The van der Waals surface area contributed by atoms with Crippen molar-refractivity contribution in [3.63, 3.8) is 0 Å². The third-order valence-electron chi connectivity index (χ3n) is 10.00. The van der Waals surface area contributed by atoms with Gasteiger partial charge in [0, 0.05) is 42.6 Å². The van der Waals surface area contributed by atoms with Crippen LogP contribution in [-0.2, 0) is 0 Å². The Balaban J connectivity index is 1.38. The predicted octanol–water partition coefficient (Wildman–Crippen LogP) is 12.2. The van der Waals surface area contributed by atoms with Crippen LogP contribution >= 0.6 is 11.3 Å². The Morgan fingerprint density at radius 1 is 0.417 bits per heavy atom. The lowest BCUT2D eigenvalue weighted by atomic mass is 9.91. The number of nitrogens with zero attached hydrogens (tertiary/aromatic N) is 3. The summed E-state index contributed by atoms with van der Waals surface area (Å²) in [5, 5.41) is 14.7. The van der Waals surface area contributed by atoms with Crippen LogP contribution in [0.5, 0.6) is 0 Å². The van der Waals surface area contributed by atoms with Gasteiger partial charge in [0.2, 0.25) is 5.95 Å². The highest BCUT2D eigenvalue weighted by atomic mass is 32.1. The van der Waals surface area contributed by atoms with Crippen molar-refractivity contribution in [3.8, 4) is 17.2 Å². The number of fused-ring (bicyclic) bond motifs is 15. The zero-order valence-corrected chi connectivity index (χ0v) is 26.5. The molecule has 0 N–H and O–H groups in total. The van der Waals surface area contributed by atoms with Crippen LogP contribution in [-0.4, -0.2) is 14.5 Å². The summed E-state index contributed by atoms with van der Waals surface area (Å²) in [6.45, 7) is 0. The number of hydrogen-bond donors (Lipinski definition) is 0. The van der Waals surface area contributed by atoms with Gasteiger partial charge in [-0.25, -0.2) is 9.97 Å². The molecule has 0 radical (unpaired) electrons. The van der Waals surface area contributed by atoms with Crippen molar-refractivity contribution in [3.05, 3.63) is 152 Å². The molecule has 0 saturated heterocycles. The van der Waals surface area contributed by atoms with E-state index in [2.05, 4.69) is 156 Å². The molecule has 48 heavy (non-hydrogen) atoms. The minimum Gasteiger partial charge on any atom is -0.277 e. The minimum atomic E-state index is 0.689. The van der Waals surface area contributed by atoms with Crippen LogP contribution in [0.25, 0.3) is 102 Å². The summed E-state index contributed by atoms with van der Waals surface area (Å²) in [6, 6.07) is 54.6. The normalized spacial score (nSPS) is 12.2. The maximum absolute atomic E-state index is 5.49. The van der Waals surface area contributed by atoms with Gasteiger partial charge in [-0.05, 0) is 44.5 Å². The molecule has 0 fully saturated rings. The molecule has 4 heteroatoms. The molecule has 11 aromatic rings. The lowest BCUT2D eigenvalue weighted by molar-refractivity contribution is 1.02. The van der Waals surface area contributed by atoms with Gasteiger partial charge in [-0.3, -0.25) is 4.57 Å². The standard InChI is InChI=1S/C44H25N3S/c1-2-13-27(14-3-1)41-40-34-20-10-11-21-37(34)48-43(40)46-44(45-41)47-36-25-24-33-31-18-7-6-16-29(31)30-17-8-9-19-32(30)38(33)39(36)35-23-22-26-12-4-5-15-28(26)42(35)47/h1-25H. The van der Waals surface area contributed by atoms with Gasteiger partial charge in [-0.2, -0.15) is 0 Å². The fourth-order valence-electron chi connectivity index (χ4n) is 7.99. The fraction of sp³-hybridized carbons (Fsp3) is 0. The van der Waals surface area contributed by atoms with Crippen molar-refractivity contribution >= 4 is 96.5 Å². The summed E-state index contributed by atoms with van der Waals surface area (Å²) >= 11 is 1.74. The molecule has 3 nitrogen and oxygen atoms in total. The van der Waals surface area contributed by atoms with E-state index < -0.39 is 0 Å². The van der Waals surface area contributed by atoms with Crippen LogP contribution in [0.1, 0.15) is 0 Å². The van der Waals surface area contributed by atoms with Gasteiger partial charge in [0.15, 0.2) is 0 Å². The second-order valence-electron chi connectivity index (χ2n) is 12.5. The fourth-order valence-corrected chi connectivity index (χ4v) is 9.06. The van der Waals surface area contributed by atoms with Gasteiger partial charge in [0.25, 0.3) is 0 Å². The van der Waals surface area contributed by atoms with Gasteiger partial charge in [0.1, 0.15) is 4.83 Å². The minimum absolute atomic E-state index is 0.689. The Bertz CT molecular complexity index is 3080. The van der Waals surface area contributed by atoms with E-state index in [9.17, 15) is 0 Å². The lowest BCUT2D eigenvalue weighted by Gasteiger charge is -2.13. The quantitative estimate of drug-likeness (QED) is 0.179. The number of rotatable bonds is 2. The first-order valence-electron chi connectivity index (χ1n) is 16.3. The van der Waals surface area contributed by atoms with E-state index in [1.165, 1.54) is 63.9 Å². The van der Waals surface area contributed by atoms with Crippen LogP contribution in [0.2, 0.25) is 0 Å². The van der Waals surface area contributed by atoms with Crippen molar-refractivity contribution in [1.29, 1.82) is 0 Å². The van der Waals surface area contributed by atoms with E-state index in [1.54, 1.807) is 11.3 Å². The molecule has 0 saturated carbocycles. The molecule has 11 rings (SSSR count). The van der Waals surface area contributed by atoms with E-state index in [-0.39, 0.29) is 0 Å². The largest absolute Gasteiger partial charge is 0.277 e. The van der Waals surface area contributed by atoms with E-state index in [4.69, 9.17) is 9.97 Å². The van der Waals surface area contributed by atoms with E-state index in [1.807, 2.05) is 0 Å². The van der Waals surface area contributed by atoms with Gasteiger partial charge < -0.3 is 0 Å². The zero-order chi connectivity index (χ0) is 31.3. The second-order valence-corrected chi connectivity index (χ2v) is 13.5. The van der Waals surface area contributed by atoms with Crippen molar-refractivity contribution < 1.29 is 0 Å². The van der Waals surface area contributed by atoms with E-state index in [0.717, 1.165) is 32.5 Å². The number of hydrogen-bond acceptors (Lipinski definition) is 3. The van der Waals surface area contributed by atoms with Crippen molar-refractivity contribution in [2.24, 2.45) is 0 Å². The van der Waals surface area contributed by atoms with Crippen molar-refractivity contribution in [2.75, 3.05) is 0 Å². The first-order valence-corrected chi connectivity index (χ1v) is 17.1. The smallest absolute Gasteiger partial charge is 0.236 e. The monoisotopic (exact) mass is 627 g/mol. The number of aromatic nitrogens is 3. The van der Waals surface area contributed by atoms with Gasteiger partial charge >= 0.3 is 0 Å². The van der Waals surface area contributed by atoms with Crippen LogP contribution in [0.3, 0.4) is 0 Å². The highest BCUT2D eigenvalue weighted by Gasteiger charge is 2.23. The highest BCUT2D eigenvalue weighted by Crippen LogP contribution is 2.45. The van der Waals surface area contributed by atoms with E-state index in [0.29, 0.717) is 5.95 Å². The molecule has 0 amide bonds. The second kappa shape index (κ2) is 9.71. The molecule has 0 atom stereocenters.